The number of rotatable bonds is 6. The Balaban J connectivity index is 1.79. The zero-order valence-corrected chi connectivity index (χ0v) is 14.6. The smallest absolute Gasteiger partial charge is 0.259 e. The standard InChI is InChI=1S/C17H17N3O4S/c1-22-11-6-5-10(12(8-11)23-2)9-19-17(21)14-15(20-24-16(14)18)13-4-3-7-25-13/h3-8H,9,18H2,1-2H3,(H,19,21). The third-order valence-corrected chi connectivity index (χ3v) is 4.51. The van der Waals surface area contributed by atoms with Gasteiger partial charge in [0.05, 0.1) is 19.1 Å². The second-order valence-electron chi connectivity index (χ2n) is 5.11. The van der Waals surface area contributed by atoms with E-state index in [1.165, 1.54) is 11.3 Å². The molecular formula is C17H17N3O4S. The van der Waals surface area contributed by atoms with Gasteiger partial charge in [0.25, 0.3) is 5.91 Å². The molecule has 0 aliphatic heterocycles. The summed E-state index contributed by atoms with van der Waals surface area (Å²) in [5.74, 6) is 0.925. The first-order chi connectivity index (χ1) is 12.1. The van der Waals surface area contributed by atoms with Crippen LogP contribution in [0.25, 0.3) is 10.6 Å². The van der Waals surface area contributed by atoms with E-state index in [9.17, 15) is 4.79 Å². The molecule has 2 heterocycles. The molecule has 7 nitrogen and oxygen atoms in total. The van der Waals surface area contributed by atoms with Crippen molar-refractivity contribution in [3.8, 4) is 22.1 Å². The molecule has 3 aromatic rings. The number of carbonyl (C=O) groups is 1. The SMILES string of the molecule is COc1ccc(CNC(=O)c2c(-c3cccs3)noc2N)c(OC)c1. The maximum absolute atomic E-state index is 12.6. The number of benzene rings is 1. The van der Waals surface area contributed by atoms with Crippen molar-refractivity contribution >= 4 is 23.1 Å². The first kappa shape index (κ1) is 16.8. The van der Waals surface area contributed by atoms with Crippen molar-refractivity contribution in [2.45, 2.75) is 6.54 Å². The number of nitrogens with two attached hydrogens (primary N) is 1. The molecule has 1 amide bonds. The molecule has 25 heavy (non-hydrogen) atoms. The van der Waals surface area contributed by atoms with Crippen molar-refractivity contribution in [2.24, 2.45) is 0 Å². The zero-order valence-electron chi connectivity index (χ0n) is 13.7. The van der Waals surface area contributed by atoms with Crippen molar-refractivity contribution in [1.29, 1.82) is 0 Å². The van der Waals surface area contributed by atoms with Crippen LogP contribution in [0.3, 0.4) is 0 Å². The summed E-state index contributed by atoms with van der Waals surface area (Å²) in [5.41, 5.74) is 7.26. The van der Waals surface area contributed by atoms with Crippen LogP contribution >= 0.6 is 11.3 Å². The van der Waals surface area contributed by atoms with Gasteiger partial charge in [-0.2, -0.15) is 0 Å². The van der Waals surface area contributed by atoms with Gasteiger partial charge in [0.15, 0.2) is 0 Å². The number of thiophene rings is 1. The van der Waals surface area contributed by atoms with Gasteiger partial charge in [-0.1, -0.05) is 11.2 Å². The Bertz CT molecular complexity index is 874. The van der Waals surface area contributed by atoms with Crippen LogP contribution in [-0.2, 0) is 6.54 Å². The summed E-state index contributed by atoms with van der Waals surface area (Å²) in [7, 11) is 3.14. The van der Waals surface area contributed by atoms with Crippen LogP contribution in [0.2, 0.25) is 0 Å². The van der Waals surface area contributed by atoms with Gasteiger partial charge in [-0.25, -0.2) is 0 Å². The molecule has 8 heteroatoms. The number of anilines is 1. The van der Waals surface area contributed by atoms with Crippen LogP contribution in [0.15, 0.2) is 40.2 Å². The Morgan fingerprint density at radius 3 is 2.84 bits per heavy atom. The second kappa shape index (κ2) is 7.27. The maximum atomic E-state index is 12.6. The van der Waals surface area contributed by atoms with E-state index >= 15 is 0 Å². The molecule has 1 aromatic carbocycles. The summed E-state index contributed by atoms with van der Waals surface area (Å²) in [4.78, 5) is 13.4. The first-order valence-corrected chi connectivity index (χ1v) is 8.30. The number of nitrogens with zero attached hydrogens (tertiary/aromatic N) is 1. The van der Waals surface area contributed by atoms with Crippen LogP contribution in [0, 0.1) is 0 Å². The number of amides is 1. The van der Waals surface area contributed by atoms with Gasteiger partial charge in [0.1, 0.15) is 22.8 Å². The third-order valence-electron chi connectivity index (χ3n) is 3.63. The first-order valence-electron chi connectivity index (χ1n) is 7.42. The molecule has 0 aliphatic carbocycles. The number of nitrogen functional groups attached to an aromatic ring is 1. The average molecular weight is 359 g/mol. The van der Waals surface area contributed by atoms with E-state index in [4.69, 9.17) is 19.7 Å². The maximum Gasteiger partial charge on any atom is 0.259 e. The molecule has 3 N–H and O–H groups in total. The molecule has 0 saturated carbocycles. The van der Waals surface area contributed by atoms with Gasteiger partial charge < -0.3 is 25.0 Å². The molecule has 0 saturated heterocycles. The number of nitrogens with one attached hydrogen (secondary N) is 1. The van der Waals surface area contributed by atoms with Crippen LogP contribution in [-0.4, -0.2) is 25.3 Å². The number of hydrogen-bond acceptors (Lipinski definition) is 7. The average Bonchev–Trinajstić information content (AvgIpc) is 3.28. The van der Waals surface area contributed by atoms with E-state index in [1.807, 2.05) is 23.6 Å². The van der Waals surface area contributed by atoms with Crippen LogP contribution in [0.5, 0.6) is 11.5 Å². The number of carbonyl (C=O) groups excluding carboxylic acids is 1. The van der Waals surface area contributed by atoms with Gasteiger partial charge in [-0.15, -0.1) is 11.3 Å². The fraction of sp³-hybridized carbons (Fsp3) is 0.176. The monoisotopic (exact) mass is 359 g/mol. The highest BCUT2D eigenvalue weighted by Crippen LogP contribution is 2.30. The van der Waals surface area contributed by atoms with Gasteiger partial charge in [-0.05, 0) is 23.6 Å². The molecule has 0 radical (unpaired) electrons. The van der Waals surface area contributed by atoms with Crippen LogP contribution < -0.4 is 20.5 Å². The number of aromatic nitrogens is 1. The lowest BCUT2D eigenvalue weighted by Crippen LogP contribution is -2.24. The van der Waals surface area contributed by atoms with E-state index in [0.29, 0.717) is 17.2 Å². The molecule has 0 atom stereocenters. The summed E-state index contributed by atoms with van der Waals surface area (Å²) in [5, 5.41) is 8.61. The van der Waals surface area contributed by atoms with E-state index in [2.05, 4.69) is 10.5 Å². The Morgan fingerprint density at radius 1 is 1.32 bits per heavy atom. The van der Waals surface area contributed by atoms with E-state index in [0.717, 1.165) is 10.4 Å². The van der Waals surface area contributed by atoms with Crippen molar-refractivity contribution in [2.75, 3.05) is 20.0 Å². The molecule has 2 aromatic heterocycles. The molecule has 0 fully saturated rings. The number of methoxy groups -OCH3 is 2. The number of hydrogen-bond donors (Lipinski definition) is 2. The van der Waals surface area contributed by atoms with E-state index < -0.39 is 0 Å². The second-order valence-corrected chi connectivity index (χ2v) is 6.06. The highest BCUT2D eigenvalue weighted by Gasteiger charge is 2.23. The highest BCUT2D eigenvalue weighted by atomic mass is 32.1. The van der Waals surface area contributed by atoms with E-state index in [-0.39, 0.29) is 23.9 Å². The lowest BCUT2D eigenvalue weighted by Gasteiger charge is -2.11. The predicted molar refractivity (Wildman–Crippen MR) is 94.9 cm³/mol. The normalized spacial score (nSPS) is 10.5. The van der Waals surface area contributed by atoms with Crippen molar-refractivity contribution in [1.82, 2.24) is 10.5 Å². The van der Waals surface area contributed by atoms with Gasteiger partial charge in [0, 0.05) is 18.2 Å². The summed E-state index contributed by atoms with van der Waals surface area (Å²) >= 11 is 1.45. The van der Waals surface area contributed by atoms with Gasteiger partial charge >= 0.3 is 0 Å². The van der Waals surface area contributed by atoms with Crippen molar-refractivity contribution in [3.05, 3.63) is 46.8 Å². The third kappa shape index (κ3) is 3.43. The predicted octanol–water partition coefficient (Wildman–Crippen LogP) is 2.93. The molecule has 0 spiro atoms. The Labute approximate surface area is 148 Å². The topological polar surface area (TPSA) is 99.6 Å². The summed E-state index contributed by atoms with van der Waals surface area (Å²) in [6, 6.07) is 9.11. The minimum absolute atomic E-state index is 0.0115. The minimum Gasteiger partial charge on any atom is -0.497 e. The molecule has 3 rings (SSSR count). The fourth-order valence-electron chi connectivity index (χ4n) is 2.37. The Hall–Kier alpha value is -3.00. The van der Waals surface area contributed by atoms with Crippen molar-refractivity contribution in [3.63, 3.8) is 0 Å². The molecular weight excluding hydrogens is 342 g/mol. The van der Waals surface area contributed by atoms with Crippen LogP contribution in [0.1, 0.15) is 15.9 Å². The van der Waals surface area contributed by atoms with E-state index in [1.54, 1.807) is 26.4 Å². The van der Waals surface area contributed by atoms with Crippen molar-refractivity contribution < 1.29 is 18.8 Å². The zero-order chi connectivity index (χ0) is 17.8. The summed E-state index contributed by atoms with van der Waals surface area (Å²) in [6.07, 6.45) is 0. The van der Waals surface area contributed by atoms with Crippen LogP contribution in [0.4, 0.5) is 5.88 Å². The fourth-order valence-corrected chi connectivity index (χ4v) is 3.08. The molecule has 0 aliphatic rings. The highest BCUT2D eigenvalue weighted by molar-refractivity contribution is 7.13. The Kier molecular flexibility index (Phi) is 4.90. The van der Waals surface area contributed by atoms with Gasteiger partial charge in [-0.3, -0.25) is 4.79 Å². The molecule has 130 valence electrons. The summed E-state index contributed by atoms with van der Waals surface area (Å²) in [6.45, 7) is 0.264. The van der Waals surface area contributed by atoms with Gasteiger partial charge in [0.2, 0.25) is 5.88 Å². The quantitative estimate of drug-likeness (QED) is 0.702. The lowest BCUT2D eigenvalue weighted by atomic mass is 10.1. The Morgan fingerprint density at radius 2 is 2.16 bits per heavy atom. The minimum atomic E-state index is -0.361. The molecule has 0 unspecified atom stereocenters. The summed E-state index contributed by atoms with van der Waals surface area (Å²) < 4.78 is 15.5. The lowest BCUT2D eigenvalue weighted by molar-refractivity contribution is 0.0952. The largest absolute Gasteiger partial charge is 0.497 e. The number of ether oxygens (including phenoxy) is 2. The molecule has 0 bridgehead atoms.